The molecular weight excluding hydrogens is 739 g/mol. The predicted molar refractivity (Wildman–Crippen MR) is 256 cm³/mol. The van der Waals surface area contributed by atoms with Crippen molar-refractivity contribution in [3.8, 4) is 22.3 Å². The van der Waals surface area contributed by atoms with Crippen LogP contribution < -0.4 is 15.8 Å². The monoisotopic (exact) mass is 782 g/mol. The fourth-order valence-corrected chi connectivity index (χ4v) is 12.2. The van der Waals surface area contributed by atoms with Crippen molar-refractivity contribution in [2.45, 2.75) is 57.8 Å². The lowest BCUT2D eigenvalue weighted by Crippen LogP contribution is -2.58. The van der Waals surface area contributed by atoms with Crippen LogP contribution in [0, 0.1) is 0 Å². The highest BCUT2D eigenvalue weighted by atomic mass is 16.3. The van der Waals surface area contributed by atoms with E-state index in [1.54, 1.807) is 0 Å². The van der Waals surface area contributed by atoms with E-state index in [0.717, 1.165) is 21.9 Å². The highest BCUT2D eigenvalue weighted by Gasteiger charge is 2.55. The molecule has 0 radical (unpaired) electrons. The van der Waals surface area contributed by atoms with Crippen LogP contribution in [0.3, 0.4) is 0 Å². The normalized spacial score (nSPS) is 15.1. The van der Waals surface area contributed by atoms with Gasteiger partial charge in [-0.25, -0.2) is 0 Å². The molecule has 4 heteroatoms. The minimum Gasteiger partial charge on any atom is -0.455 e. The number of furan rings is 1. The van der Waals surface area contributed by atoms with E-state index in [1.807, 2.05) is 0 Å². The maximum absolute atomic E-state index is 7.12. The molecule has 290 valence electrons. The smallest absolute Gasteiger partial charge is 0.333 e. The van der Waals surface area contributed by atoms with Crippen molar-refractivity contribution in [2.24, 2.45) is 0 Å². The first-order valence-corrected chi connectivity index (χ1v) is 21.9. The van der Waals surface area contributed by atoms with Gasteiger partial charge >= 0.3 is 6.85 Å². The predicted octanol–water partition coefficient (Wildman–Crippen LogP) is 13.4. The number of para-hydroxylation sites is 3. The molecule has 4 aliphatic rings. The minimum atomic E-state index is -0.498. The molecule has 61 heavy (non-hydrogen) atoms. The van der Waals surface area contributed by atoms with Gasteiger partial charge in [0.25, 0.3) is 0 Å². The molecule has 5 heterocycles. The second-order valence-electron chi connectivity index (χ2n) is 20.0. The number of aromatic nitrogens is 1. The molecule has 0 fully saturated rings. The molecule has 3 nitrogen and oxygen atoms in total. The van der Waals surface area contributed by atoms with Crippen LogP contribution in [0.25, 0.3) is 66.0 Å². The van der Waals surface area contributed by atoms with Crippen LogP contribution in [-0.4, -0.2) is 11.3 Å². The van der Waals surface area contributed by atoms with Crippen molar-refractivity contribution in [3.05, 3.63) is 185 Å². The summed E-state index contributed by atoms with van der Waals surface area (Å²) in [6.07, 6.45) is 0. The molecule has 2 aromatic heterocycles. The van der Waals surface area contributed by atoms with Crippen molar-refractivity contribution in [3.63, 3.8) is 0 Å². The van der Waals surface area contributed by atoms with E-state index in [4.69, 9.17) is 4.42 Å². The molecule has 1 aliphatic carbocycles. The number of hydrogen-bond acceptors (Lipinski definition) is 2. The SMILES string of the molecule is CC(C)(C)c1ccc2c(c1)c1cc(C(C)(C)C)cc3c1n2B1c2cccc4c2N(c2ccccc2C42c4ccccc4-c4ccccc42)c2cc4c(oc5ccccc54)c-3c21. The standard InChI is InChI=1S/C57H43BN2O/c1-55(2,3)32-26-27-46-37(28-32)38-29-33(56(4,5)6)30-40-50-51-48(31-39-36-18-9-14-25-49(36)61-54(39)50)59-47-24-13-12-21-43(47)57(41-19-10-7-16-34(41)35-17-8-11-20-42(35)57)44-22-15-23-45(53(44)59)58(51)60(46)52(38)40/h7-31H,1-6H3. The number of anilines is 3. The highest BCUT2D eigenvalue weighted by Crippen LogP contribution is 2.64. The summed E-state index contributed by atoms with van der Waals surface area (Å²) in [5, 5.41) is 4.94. The van der Waals surface area contributed by atoms with Gasteiger partial charge in [0.15, 0.2) is 0 Å². The summed E-state index contributed by atoms with van der Waals surface area (Å²) in [7, 11) is 0. The average Bonchev–Trinajstić information content (AvgIpc) is 3.90. The molecule has 14 rings (SSSR count). The Morgan fingerprint density at radius 1 is 0.508 bits per heavy atom. The van der Waals surface area contributed by atoms with E-state index in [-0.39, 0.29) is 17.7 Å². The van der Waals surface area contributed by atoms with Crippen LogP contribution in [0.5, 0.6) is 0 Å². The Bertz CT molecular complexity index is 3600. The van der Waals surface area contributed by atoms with Crippen LogP contribution in [-0.2, 0) is 16.2 Å². The second kappa shape index (κ2) is 10.9. The van der Waals surface area contributed by atoms with Crippen LogP contribution in [0.4, 0.5) is 17.1 Å². The van der Waals surface area contributed by atoms with Crippen molar-refractivity contribution in [1.82, 2.24) is 4.48 Å². The average molecular weight is 783 g/mol. The van der Waals surface area contributed by atoms with Crippen LogP contribution in [0.15, 0.2) is 156 Å². The first-order chi connectivity index (χ1) is 29.5. The molecule has 1 spiro atoms. The Kier molecular flexibility index (Phi) is 6.09. The Balaban J connectivity index is 1.22. The van der Waals surface area contributed by atoms with E-state index in [2.05, 4.69) is 203 Å². The Hall–Kier alpha value is -6.78. The summed E-state index contributed by atoms with van der Waals surface area (Å²) >= 11 is 0. The van der Waals surface area contributed by atoms with Gasteiger partial charge in [0, 0.05) is 55.1 Å². The maximum Gasteiger partial charge on any atom is 0.333 e. The van der Waals surface area contributed by atoms with E-state index >= 15 is 0 Å². The van der Waals surface area contributed by atoms with Gasteiger partial charge < -0.3 is 13.8 Å². The molecule has 3 aliphatic heterocycles. The fraction of sp³-hybridized carbons (Fsp3) is 0.158. The van der Waals surface area contributed by atoms with Crippen molar-refractivity contribution >= 4 is 78.6 Å². The maximum atomic E-state index is 7.12. The number of benzene rings is 8. The quantitative estimate of drug-likeness (QED) is 0.143. The van der Waals surface area contributed by atoms with Crippen LogP contribution >= 0.6 is 0 Å². The Morgan fingerprint density at radius 2 is 1.16 bits per heavy atom. The van der Waals surface area contributed by atoms with Gasteiger partial charge in [-0.1, -0.05) is 151 Å². The highest BCUT2D eigenvalue weighted by molar-refractivity contribution is 6.90. The second-order valence-corrected chi connectivity index (χ2v) is 20.0. The number of nitrogens with zero attached hydrogens (tertiary/aromatic N) is 2. The number of fused-ring (bicyclic) bond motifs is 20. The summed E-state index contributed by atoms with van der Waals surface area (Å²) in [6, 6.07) is 58.1. The molecule has 0 bridgehead atoms. The summed E-state index contributed by atoms with van der Waals surface area (Å²) < 4.78 is 9.84. The third kappa shape index (κ3) is 3.94. The molecule has 0 saturated heterocycles. The van der Waals surface area contributed by atoms with E-state index in [9.17, 15) is 0 Å². The third-order valence-electron chi connectivity index (χ3n) is 14.8. The third-order valence-corrected chi connectivity index (χ3v) is 14.8. The van der Waals surface area contributed by atoms with Gasteiger partial charge in [-0.05, 0) is 109 Å². The first kappa shape index (κ1) is 34.0. The molecule has 8 aromatic carbocycles. The first-order valence-electron chi connectivity index (χ1n) is 21.9. The molecule has 10 aromatic rings. The number of hydrogen-bond donors (Lipinski definition) is 0. The van der Waals surface area contributed by atoms with Crippen molar-refractivity contribution in [1.29, 1.82) is 0 Å². The minimum absolute atomic E-state index is 0.00322. The van der Waals surface area contributed by atoms with Gasteiger partial charge in [0.2, 0.25) is 0 Å². The van der Waals surface area contributed by atoms with Crippen molar-refractivity contribution < 1.29 is 4.42 Å². The Morgan fingerprint density at radius 3 is 1.92 bits per heavy atom. The molecule has 0 amide bonds. The zero-order chi connectivity index (χ0) is 40.9. The lowest BCUT2D eigenvalue weighted by atomic mass is 9.43. The van der Waals surface area contributed by atoms with Gasteiger partial charge in [0.1, 0.15) is 11.2 Å². The lowest BCUT2D eigenvalue weighted by molar-refractivity contribution is 0.590. The van der Waals surface area contributed by atoms with E-state index in [1.165, 1.54) is 105 Å². The van der Waals surface area contributed by atoms with Crippen LogP contribution in [0.1, 0.15) is 74.9 Å². The summed E-state index contributed by atoms with van der Waals surface area (Å²) in [5.41, 5.74) is 23.4. The molecular formula is C57H43BN2O. The van der Waals surface area contributed by atoms with Gasteiger partial charge in [-0.15, -0.1) is 0 Å². The molecule has 0 unspecified atom stereocenters. The number of rotatable bonds is 0. The zero-order valence-electron chi connectivity index (χ0n) is 35.3. The summed E-state index contributed by atoms with van der Waals surface area (Å²) in [4.78, 5) is 2.64. The van der Waals surface area contributed by atoms with Gasteiger partial charge in [0.05, 0.1) is 11.1 Å². The Labute approximate surface area is 356 Å². The topological polar surface area (TPSA) is 21.3 Å². The summed E-state index contributed by atoms with van der Waals surface area (Å²) in [6.45, 7) is 13.9. The van der Waals surface area contributed by atoms with Gasteiger partial charge in [-0.2, -0.15) is 0 Å². The molecule has 0 atom stereocenters. The lowest BCUT2D eigenvalue weighted by Gasteiger charge is -2.49. The zero-order valence-corrected chi connectivity index (χ0v) is 35.3. The van der Waals surface area contributed by atoms with E-state index < -0.39 is 5.41 Å². The van der Waals surface area contributed by atoms with E-state index in [0.29, 0.717) is 0 Å². The largest absolute Gasteiger partial charge is 0.455 e. The van der Waals surface area contributed by atoms with Crippen molar-refractivity contribution in [2.75, 3.05) is 4.90 Å². The molecule has 0 saturated carbocycles. The fourth-order valence-electron chi connectivity index (χ4n) is 12.2. The molecule has 0 N–H and O–H groups in total. The van der Waals surface area contributed by atoms with Gasteiger partial charge in [-0.3, -0.25) is 0 Å². The van der Waals surface area contributed by atoms with Crippen LogP contribution in [0.2, 0.25) is 0 Å². The summed E-state index contributed by atoms with van der Waals surface area (Å²) in [5.74, 6) is 0.